The number of nitrogens with two attached hydrogens (primary N) is 1. The predicted octanol–water partition coefficient (Wildman–Crippen LogP) is 1.18. The number of hydrogen-bond acceptors (Lipinski definition) is 3. The van der Waals surface area contributed by atoms with E-state index in [1.807, 2.05) is 30.3 Å². The molecule has 0 aliphatic carbocycles. The van der Waals surface area contributed by atoms with Crippen molar-refractivity contribution in [1.82, 2.24) is 4.72 Å². The number of nitrogens with one attached hydrogen (secondary N) is 1. The minimum Gasteiger partial charge on any atom is -0.323 e. The van der Waals surface area contributed by atoms with E-state index in [0.717, 1.165) is 5.56 Å². The quantitative estimate of drug-likeness (QED) is 0.718. The van der Waals surface area contributed by atoms with E-state index in [0.29, 0.717) is 6.42 Å². The van der Waals surface area contributed by atoms with Crippen LogP contribution in [0.3, 0.4) is 0 Å². The molecule has 0 heterocycles. The molecular weight excluding hydrogens is 236 g/mol. The van der Waals surface area contributed by atoms with Crippen molar-refractivity contribution in [3.05, 3.63) is 48.6 Å². The molecule has 1 unspecified atom stereocenters. The van der Waals surface area contributed by atoms with Crippen molar-refractivity contribution < 1.29 is 8.42 Å². The molecule has 17 heavy (non-hydrogen) atoms. The molecule has 1 atom stereocenters. The average Bonchev–Trinajstić information content (AvgIpc) is 2.35. The van der Waals surface area contributed by atoms with Crippen LogP contribution >= 0.6 is 0 Å². The molecule has 1 rings (SSSR count). The highest BCUT2D eigenvalue weighted by atomic mass is 32.2. The summed E-state index contributed by atoms with van der Waals surface area (Å²) in [5.41, 5.74) is 6.80. The molecule has 0 fully saturated rings. The zero-order chi connectivity index (χ0) is 12.7. The molecule has 0 spiro atoms. The summed E-state index contributed by atoms with van der Waals surface area (Å²) in [4.78, 5) is 0. The fourth-order valence-electron chi connectivity index (χ4n) is 1.35. The molecule has 1 aromatic carbocycles. The monoisotopic (exact) mass is 254 g/mol. The van der Waals surface area contributed by atoms with Gasteiger partial charge in [-0.1, -0.05) is 36.4 Å². The van der Waals surface area contributed by atoms with E-state index in [-0.39, 0.29) is 18.3 Å². The second-order valence-electron chi connectivity index (χ2n) is 3.76. The molecule has 0 aromatic heterocycles. The predicted molar refractivity (Wildman–Crippen MR) is 70.0 cm³/mol. The van der Waals surface area contributed by atoms with Crippen molar-refractivity contribution in [2.24, 2.45) is 5.73 Å². The van der Waals surface area contributed by atoms with Gasteiger partial charge in [0.15, 0.2) is 0 Å². The van der Waals surface area contributed by atoms with Crippen molar-refractivity contribution >= 4 is 10.0 Å². The van der Waals surface area contributed by atoms with Gasteiger partial charge in [-0.3, -0.25) is 0 Å². The van der Waals surface area contributed by atoms with Gasteiger partial charge in [-0.05, 0) is 12.0 Å². The third-order valence-electron chi connectivity index (χ3n) is 2.34. The van der Waals surface area contributed by atoms with Crippen LogP contribution in [-0.2, 0) is 10.0 Å². The smallest absolute Gasteiger partial charge is 0.211 e. The van der Waals surface area contributed by atoms with Crippen LogP contribution in [0.15, 0.2) is 43.0 Å². The van der Waals surface area contributed by atoms with E-state index in [1.54, 1.807) is 6.08 Å². The zero-order valence-electron chi connectivity index (χ0n) is 9.67. The Hall–Kier alpha value is -1.17. The van der Waals surface area contributed by atoms with Crippen molar-refractivity contribution in [2.45, 2.75) is 12.5 Å². The van der Waals surface area contributed by atoms with Gasteiger partial charge in [0.25, 0.3) is 0 Å². The van der Waals surface area contributed by atoms with Crippen LogP contribution in [0, 0.1) is 0 Å². The van der Waals surface area contributed by atoms with Crippen molar-refractivity contribution in [3.63, 3.8) is 0 Å². The second-order valence-corrected chi connectivity index (χ2v) is 5.69. The molecule has 94 valence electrons. The van der Waals surface area contributed by atoms with Gasteiger partial charge in [0.05, 0.1) is 5.75 Å². The SMILES string of the molecule is C=CCCS(=O)(=O)NCC(N)c1ccccc1. The number of hydrogen-bond donors (Lipinski definition) is 2. The molecule has 0 saturated heterocycles. The van der Waals surface area contributed by atoms with Gasteiger partial charge in [0.2, 0.25) is 10.0 Å². The maximum Gasteiger partial charge on any atom is 0.211 e. The van der Waals surface area contributed by atoms with Gasteiger partial charge >= 0.3 is 0 Å². The van der Waals surface area contributed by atoms with Gasteiger partial charge in [0, 0.05) is 12.6 Å². The Kier molecular flexibility index (Phi) is 5.34. The molecule has 0 amide bonds. The Morgan fingerprint density at radius 1 is 1.35 bits per heavy atom. The van der Waals surface area contributed by atoms with Crippen molar-refractivity contribution in [3.8, 4) is 0 Å². The van der Waals surface area contributed by atoms with Crippen molar-refractivity contribution in [2.75, 3.05) is 12.3 Å². The first-order valence-corrected chi connectivity index (χ1v) is 7.09. The van der Waals surface area contributed by atoms with Gasteiger partial charge in [0.1, 0.15) is 0 Å². The van der Waals surface area contributed by atoms with Gasteiger partial charge in [-0.2, -0.15) is 0 Å². The van der Waals surface area contributed by atoms with E-state index >= 15 is 0 Å². The highest BCUT2D eigenvalue weighted by molar-refractivity contribution is 7.89. The summed E-state index contributed by atoms with van der Waals surface area (Å²) in [6.07, 6.45) is 2.02. The van der Waals surface area contributed by atoms with Gasteiger partial charge < -0.3 is 5.73 Å². The maximum atomic E-state index is 11.5. The fourth-order valence-corrected chi connectivity index (χ4v) is 2.40. The van der Waals surface area contributed by atoms with E-state index in [9.17, 15) is 8.42 Å². The maximum absolute atomic E-state index is 11.5. The third kappa shape index (κ3) is 5.12. The molecule has 0 radical (unpaired) electrons. The number of benzene rings is 1. The van der Waals surface area contributed by atoms with Crippen LogP contribution in [0.1, 0.15) is 18.0 Å². The van der Waals surface area contributed by atoms with Crippen molar-refractivity contribution in [1.29, 1.82) is 0 Å². The minimum atomic E-state index is -3.25. The highest BCUT2D eigenvalue weighted by Gasteiger charge is 2.12. The molecule has 0 bridgehead atoms. The molecule has 0 saturated carbocycles. The van der Waals surface area contributed by atoms with Gasteiger partial charge in [-0.15, -0.1) is 6.58 Å². The molecular formula is C12H18N2O2S. The molecule has 4 nitrogen and oxygen atoms in total. The van der Waals surface area contributed by atoms with Crippen LogP contribution in [0.2, 0.25) is 0 Å². The second kappa shape index (κ2) is 6.54. The lowest BCUT2D eigenvalue weighted by molar-refractivity contribution is 0.572. The first-order valence-electron chi connectivity index (χ1n) is 5.44. The number of allylic oxidation sites excluding steroid dienone is 1. The Morgan fingerprint density at radius 2 is 2.00 bits per heavy atom. The number of sulfonamides is 1. The lowest BCUT2D eigenvalue weighted by Gasteiger charge is -2.13. The Bertz CT molecular complexity index is 443. The van der Waals surface area contributed by atoms with Crippen LogP contribution in [-0.4, -0.2) is 20.7 Å². The van der Waals surface area contributed by atoms with Crippen LogP contribution in [0.5, 0.6) is 0 Å². The molecule has 0 aliphatic rings. The zero-order valence-corrected chi connectivity index (χ0v) is 10.5. The Balaban J connectivity index is 2.48. The Labute approximate surface area is 103 Å². The standard InChI is InChI=1S/C12H18N2O2S/c1-2-3-9-17(15,16)14-10-12(13)11-7-5-4-6-8-11/h2,4-8,12,14H,1,3,9-10,13H2. The summed E-state index contributed by atoms with van der Waals surface area (Å²) >= 11 is 0. The lowest BCUT2D eigenvalue weighted by Crippen LogP contribution is -2.33. The van der Waals surface area contributed by atoms with Crippen LogP contribution in [0.25, 0.3) is 0 Å². The Morgan fingerprint density at radius 3 is 2.59 bits per heavy atom. The largest absolute Gasteiger partial charge is 0.323 e. The fraction of sp³-hybridized carbons (Fsp3) is 0.333. The van der Waals surface area contributed by atoms with Gasteiger partial charge in [-0.25, -0.2) is 13.1 Å². The van der Waals surface area contributed by atoms with E-state index in [2.05, 4.69) is 11.3 Å². The van der Waals surface area contributed by atoms with E-state index in [4.69, 9.17) is 5.73 Å². The van der Waals surface area contributed by atoms with E-state index in [1.165, 1.54) is 0 Å². The third-order valence-corrected chi connectivity index (χ3v) is 3.72. The summed E-state index contributed by atoms with van der Waals surface area (Å²) in [6.45, 7) is 3.70. The summed E-state index contributed by atoms with van der Waals surface area (Å²) in [7, 11) is -3.25. The topological polar surface area (TPSA) is 72.2 Å². The first kappa shape index (κ1) is 13.9. The number of rotatable bonds is 7. The summed E-state index contributed by atoms with van der Waals surface area (Å²) in [6, 6.07) is 9.08. The summed E-state index contributed by atoms with van der Waals surface area (Å²) in [5.74, 6) is 0.0536. The molecule has 0 aliphatic heterocycles. The first-order chi connectivity index (χ1) is 8.05. The van der Waals surface area contributed by atoms with Crippen LogP contribution in [0.4, 0.5) is 0 Å². The lowest BCUT2D eigenvalue weighted by atomic mass is 10.1. The average molecular weight is 254 g/mol. The molecule has 3 N–H and O–H groups in total. The van der Waals surface area contributed by atoms with Crippen LogP contribution < -0.4 is 10.5 Å². The minimum absolute atomic E-state index is 0.0536. The molecule has 5 heteroatoms. The normalized spacial score (nSPS) is 13.2. The summed E-state index contributed by atoms with van der Waals surface area (Å²) in [5, 5.41) is 0. The summed E-state index contributed by atoms with van der Waals surface area (Å²) < 4.78 is 25.5. The highest BCUT2D eigenvalue weighted by Crippen LogP contribution is 2.08. The molecule has 1 aromatic rings. The van der Waals surface area contributed by atoms with E-state index < -0.39 is 10.0 Å².